The van der Waals surface area contributed by atoms with Crippen LogP contribution in [0.15, 0.2) is 118 Å². The number of benzene rings is 4. The van der Waals surface area contributed by atoms with Crippen molar-refractivity contribution in [2.75, 3.05) is 5.32 Å². The van der Waals surface area contributed by atoms with Crippen LogP contribution < -0.4 is 10.1 Å². The van der Waals surface area contributed by atoms with Crippen LogP contribution in [0, 0.1) is 0 Å². The van der Waals surface area contributed by atoms with Gasteiger partial charge in [-0.1, -0.05) is 78.1 Å². The number of hydrogen-bond acceptors (Lipinski definition) is 6. The second kappa shape index (κ2) is 9.67. The van der Waals surface area contributed by atoms with Crippen LogP contribution in [0.5, 0.6) is 0 Å². The van der Waals surface area contributed by atoms with Gasteiger partial charge in [0.05, 0.1) is 5.69 Å². The van der Waals surface area contributed by atoms with Crippen LogP contribution in [0.2, 0.25) is 0 Å². The Hall–Kier alpha value is -4.82. The van der Waals surface area contributed by atoms with Crippen LogP contribution in [-0.2, 0) is 0 Å². The highest BCUT2D eigenvalue weighted by Gasteiger charge is 2.15. The van der Waals surface area contributed by atoms with Gasteiger partial charge < -0.3 is 9.73 Å². The van der Waals surface area contributed by atoms with E-state index in [-0.39, 0.29) is 10.9 Å². The Labute approximate surface area is 216 Å². The van der Waals surface area contributed by atoms with Gasteiger partial charge in [0.1, 0.15) is 11.3 Å². The van der Waals surface area contributed by atoms with E-state index in [1.165, 1.54) is 0 Å². The summed E-state index contributed by atoms with van der Waals surface area (Å²) < 4.78 is 7.70. The van der Waals surface area contributed by atoms with Gasteiger partial charge in [-0.05, 0) is 54.1 Å². The highest BCUT2D eigenvalue weighted by atomic mass is 32.1. The first-order valence-corrected chi connectivity index (χ1v) is 12.5. The molecule has 2 heterocycles. The van der Waals surface area contributed by atoms with Gasteiger partial charge in [0, 0.05) is 11.1 Å². The predicted molar refractivity (Wildman–Crippen MR) is 147 cm³/mol. The standard InChI is InChI=1S/C29H21N5O2S/c1-19(26-18-24-23-15-9-8-10-20(23)16-17-25(24)36-26)31-32-29-34(22-13-6-3-7-14-22)33-28(37-29)27(35)30-21-11-4-2-5-12-21/h2-18H,1H3,(H,30,35)/b31-19-,32-29-. The number of furan rings is 1. The molecule has 0 spiro atoms. The van der Waals surface area contributed by atoms with Crippen molar-refractivity contribution in [2.45, 2.75) is 6.92 Å². The molecule has 0 atom stereocenters. The van der Waals surface area contributed by atoms with Crippen LogP contribution in [0.3, 0.4) is 0 Å². The molecular weight excluding hydrogens is 482 g/mol. The highest BCUT2D eigenvalue weighted by molar-refractivity contribution is 7.11. The largest absolute Gasteiger partial charge is 0.455 e. The van der Waals surface area contributed by atoms with Crippen LogP contribution in [-0.4, -0.2) is 21.4 Å². The van der Waals surface area contributed by atoms with Crippen molar-refractivity contribution in [1.29, 1.82) is 0 Å². The molecule has 0 fully saturated rings. The second-order valence-corrected chi connectivity index (χ2v) is 9.31. The zero-order valence-electron chi connectivity index (χ0n) is 19.8. The first-order chi connectivity index (χ1) is 18.2. The fourth-order valence-electron chi connectivity index (χ4n) is 4.02. The molecule has 0 aliphatic rings. The maximum atomic E-state index is 12.9. The number of anilines is 1. The van der Waals surface area contributed by atoms with E-state index in [4.69, 9.17) is 4.42 Å². The molecule has 0 radical (unpaired) electrons. The van der Waals surface area contributed by atoms with Gasteiger partial charge in [-0.15, -0.1) is 15.3 Å². The maximum Gasteiger partial charge on any atom is 0.286 e. The summed E-state index contributed by atoms with van der Waals surface area (Å²) in [7, 11) is 0. The number of fused-ring (bicyclic) bond motifs is 3. The van der Waals surface area contributed by atoms with Crippen molar-refractivity contribution < 1.29 is 9.21 Å². The summed E-state index contributed by atoms with van der Waals surface area (Å²) in [5.41, 5.74) is 2.88. The summed E-state index contributed by atoms with van der Waals surface area (Å²) in [6.45, 7) is 1.85. The lowest BCUT2D eigenvalue weighted by atomic mass is 10.1. The molecule has 0 bridgehead atoms. The lowest BCUT2D eigenvalue weighted by Crippen LogP contribution is -2.15. The van der Waals surface area contributed by atoms with Gasteiger partial charge in [0.2, 0.25) is 9.81 Å². The molecule has 1 amide bonds. The Kier molecular flexibility index (Phi) is 5.92. The third-order valence-corrected chi connectivity index (χ3v) is 6.75. The zero-order chi connectivity index (χ0) is 25.2. The molecule has 6 rings (SSSR count). The Morgan fingerprint density at radius 2 is 1.62 bits per heavy atom. The van der Waals surface area contributed by atoms with E-state index in [0.29, 0.717) is 22.0 Å². The van der Waals surface area contributed by atoms with Crippen molar-refractivity contribution in [2.24, 2.45) is 10.2 Å². The number of nitrogens with zero attached hydrogens (tertiary/aromatic N) is 4. The molecule has 2 aromatic heterocycles. The Morgan fingerprint density at radius 3 is 2.43 bits per heavy atom. The summed E-state index contributed by atoms with van der Waals surface area (Å²) >= 11 is 1.16. The monoisotopic (exact) mass is 503 g/mol. The molecule has 7 nitrogen and oxygen atoms in total. The third kappa shape index (κ3) is 4.57. The fourth-order valence-corrected chi connectivity index (χ4v) is 4.77. The molecule has 6 aromatic rings. The zero-order valence-corrected chi connectivity index (χ0v) is 20.6. The van der Waals surface area contributed by atoms with Crippen molar-refractivity contribution in [3.05, 3.63) is 119 Å². The molecule has 4 aromatic carbocycles. The summed E-state index contributed by atoms with van der Waals surface area (Å²) in [4.78, 5) is 13.4. The molecule has 0 unspecified atom stereocenters. The van der Waals surface area contributed by atoms with E-state index in [9.17, 15) is 4.79 Å². The number of amides is 1. The lowest BCUT2D eigenvalue weighted by molar-refractivity contribution is 0.102. The van der Waals surface area contributed by atoms with Gasteiger partial charge in [0.15, 0.2) is 5.76 Å². The summed E-state index contributed by atoms with van der Waals surface area (Å²) in [5, 5.41) is 19.9. The van der Waals surface area contributed by atoms with Crippen LogP contribution in [0.25, 0.3) is 27.4 Å². The van der Waals surface area contributed by atoms with Gasteiger partial charge >= 0.3 is 0 Å². The number of carbonyl (C=O) groups is 1. The van der Waals surface area contributed by atoms with Crippen molar-refractivity contribution in [1.82, 2.24) is 9.78 Å². The van der Waals surface area contributed by atoms with E-state index >= 15 is 0 Å². The number of nitrogens with one attached hydrogen (secondary N) is 1. The molecular formula is C29H21N5O2S. The smallest absolute Gasteiger partial charge is 0.286 e. The van der Waals surface area contributed by atoms with Gasteiger partial charge in [-0.2, -0.15) is 0 Å². The highest BCUT2D eigenvalue weighted by Crippen LogP contribution is 2.28. The van der Waals surface area contributed by atoms with Gasteiger partial charge in [-0.3, -0.25) is 4.79 Å². The third-order valence-electron chi connectivity index (χ3n) is 5.85. The number of hydrogen-bond donors (Lipinski definition) is 1. The molecule has 180 valence electrons. The summed E-state index contributed by atoms with van der Waals surface area (Å²) in [6, 6.07) is 33.0. The first kappa shape index (κ1) is 22.6. The Bertz CT molecular complexity index is 1830. The minimum atomic E-state index is -0.313. The first-order valence-electron chi connectivity index (χ1n) is 11.7. The fraction of sp³-hybridized carbons (Fsp3) is 0.0345. The predicted octanol–water partition coefficient (Wildman–Crippen LogP) is 6.41. The van der Waals surface area contributed by atoms with Crippen molar-refractivity contribution in [3.8, 4) is 5.69 Å². The topological polar surface area (TPSA) is 84.8 Å². The average molecular weight is 504 g/mol. The second-order valence-electron chi connectivity index (χ2n) is 8.35. The molecule has 0 aliphatic heterocycles. The number of rotatable bonds is 5. The summed E-state index contributed by atoms with van der Waals surface area (Å²) in [5.74, 6) is 0.320. The SMILES string of the molecule is C/C(=N/N=c1\sc(C(=O)Nc2ccccc2)nn1-c1ccccc1)c1cc2c(ccc3ccccc32)o1. The number of aromatic nitrogens is 2. The number of carbonyl (C=O) groups excluding carboxylic acids is 1. The lowest BCUT2D eigenvalue weighted by Gasteiger charge is -2.02. The van der Waals surface area contributed by atoms with Gasteiger partial charge in [-0.25, -0.2) is 4.68 Å². The van der Waals surface area contributed by atoms with E-state index in [0.717, 1.165) is 38.8 Å². The molecule has 1 N–H and O–H groups in total. The van der Waals surface area contributed by atoms with Crippen LogP contribution >= 0.6 is 11.3 Å². The van der Waals surface area contributed by atoms with Crippen molar-refractivity contribution in [3.63, 3.8) is 0 Å². The molecule has 37 heavy (non-hydrogen) atoms. The van der Waals surface area contributed by atoms with E-state index < -0.39 is 0 Å². The average Bonchev–Trinajstić information content (AvgIpc) is 3.58. The maximum absolute atomic E-state index is 12.9. The molecule has 0 saturated heterocycles. The number of para-hydroxylation sites is 2. The Balaban J connectivity index is 1.39. The minimum Gasteiger partial charge on any atom is -0.455 e. The molecule has 0 saturated carbocycles. The van der Waals surface area contributed by atoms with E-state index in [1.807, 2.05) is 97.9 Å². The van der Waals surface area contributed by atoms with Crippen LogP contribution in [0.4, 0.5) is 5.69 Å². The van der Waals surface area contributed by atoms with Gasteiger partial charge in [0.25, 0.3) is 5.91 Å². The van der Waals surface area contributed by atoms with Crippen LogP contribution in [0.1, 0.15) is 22.5 Å². The molecule has 0 aliphatic carbocycles. The Morgan fingerprint density at radius 1 is 0.892 bits per heavy atom. The summed E-state index contributed by atoms with van der Waals surface area (Å²) in [6.07, 6.45) is 0. The van der Waals surface area contributed by atoms with E-state index in [1.54, 1.807) is 4.68 Å². The van der Waals surface area contributed by atoms with Crippen molar-refractivity contribution >= 4 is 50.4 Å². The normalized spacial score (nSPS) is 12.4. The molecule has 8 heteroatoms. The quantitative estimate of drug-likeness (QED) is 0.218. The van der Waals surface area contributed by atoms with E-state index in [2.05, 4.69) is 32.8 Å². The minimum absolute atomic E-state index is 0.273.